The summed E-state index contributed by atoms with van der Waals surface area (Å²) >= 11 is 1.79. The molecule has 2 nitrogen and oxygen atoms in total. The average molecular weight is 224 g/mol. The van der Waals surface area contributed by atoms with Gasteiger partial charge in [0.05, 0.1) is 5.03 Å². The first-order valence-electron chi connectivity index (χ1n) is 5.51. The van der Waals surface area contributed by atoms with Gasteiger partial charge in [0.2, 0.25) is 0 Å². The highest BCUT2D eigenvalue weighted by molar-refractivity contribution is 7.99. The van der Waals surface area contributed by atoms with Crippen LogP contribution in [0.5, 0.6) is 0 Å². The van der Waals surface area contributed by atoms with Crippen LogP contribution in [-0.2, 0) is 6.42 Å². The fourth-order valence-electron chi connectivity index (χ4n) is 1.47. The van der Waals surface area contributed by atoms with Gasteiger partial charge >= 0.3 is 0 Å². The van der Waals surface area contributed by atoms with Crippen molar-refractivity contribution in [1.29, 1.82) is 0 Å². The van der Waals surface area contributed by atoms with Crippen LogP contribution in [-0.4, -0.2) is 16.8 Å². The molecular formula is C12H20N2S. The lowest BCUT2D eigenvalue weighted by molar-refractivity contribution is 0.644. The predicted molar refractivity (Wildman–Crippen MR) is 67.3 cm³/mol. The first kappa shape index (κ1) is 12.5. The van der Waals surface area contributed by atoms with Crippen LogP contribution in [0.1, 0.15) is 31.4 Å². The van der Waals surface area contributed by atoms with Gasteiger partial charge in [-0.1, -0.05) is 19.9 Å². The summed E-state index contributed by atoms with van der Waals surface area (Å²) in [6.45, 7) is 6.38. The van der Waals surface area contributed by atoms with Crippen LogP contribution < -0.4 is 5.73 Å². The fraction of sp³-hybridized carbons (Fsp3) is 0.583. The van der Waals surface area contributed by atoms with Gasteiger partial charge in [0.15, 0.2) is 0 Å². The highest BCUT2D eigenvalue weighted by Crippen LogP contribution is 2.20. The minimum absolute atomic E-state index is 0.260. The van der Waals surface area contributed by atoms with Gasteiger partial charge < -0.3 is 5.73 Å². The minimum Gasteiger partial charge on any atom is -0.327 e. The Balaban J connectivity index is 2.73. The van der Waals surface area contributed by atoms with E-state index in [2.05, 4.69) is 31.8 Å². The Morgan fingerprint density at radius 3 is 2.73 bits per heavy atom. The van der Waals surface area contributed by atoms with Crippen LogP contribution in [0.3, 0.4) is 0 Å². The topological polar surface area (TPSA) is 38.9 Å². The second-order valence-electron chi connectivity index (χ2n) is 3.77. The van der Waals surface area contributed by atoms with Crippen molar-refractivity contribution in [2.75, 3.05) is 5.75 Å². The Kier molecular flexibility index (Phi) is 5.12. The molecule has 0 spiro atoms. The SMILES string of the molecule is CCSc1ncc(CC(N)CC)cc1C. The molecule has 0 aliphatic heterocycles. The number of nitrogens with two attached hydrogens (primary N) is 1. The summed E-state index contributed by atoms with van der Waals surface area (Å²) in [7, 11) is 0. The van der Waals surface area contributed by atoms with Crippen LogP contribution in [0.25, 0.3) is 0 Å². The maximum Gasteiger partial charge on any atom is 0.0989 e. The molecule has 1 aromatic rings. The van der Waals surface area contributed by atoms with E-state index in [0.717, 1.165) is 23.6 Å². The maximum atomic E-state index is 5.92. The molecule has 0 bridgehead atoms. The summed E-state index contributed by atoms with van der Waals surface area (Å²) in [6.07, 6.45) is 3.91. The number of rotatable bonds is 5. The summed E-state index contributed by atoms with van der Waals surface area (Å²) in [5, 5.41) is 1.14. The average Bonchev–Trinajstić information content (AvgIpc) is 2.22. The standard InChI is InChI=1S/C12H20N2S/c1-4-11(13)7-10-6-9(3)12(14-8-10)15-5-2/h6,8,11H,4-5,7,13H2,1-3H3. The van der Waals surface area contributed by atoms with E-state index in [9.17, 15) is 0 Å². The van der Waals surface area contributed by atoms with E-state index in [1.165, 1.54) is 11.1 Å². The van der Waals surface area contributed by atoms with Crippen molar-refractivity contribution >= 4 is 11.8 Å². The molecular weight excluding hydrogens is 204 g/mol. The van der Waals surface area contributed by atoms with Crippen LogP contribution in [0.15, 0.2) is 17.3 Å². The van der Waals surface area contributed by atoms with Crippen LogP contribution in [0.2, 0.25) is 0 Å². The van der Waals surface area contributed by atoms with Crippen molar-refractivity contribution in [2.24, 2.45) is 5.73 Å². The summed E-state index contributed by atoms with van der Waals surface area (Å²) in [4.78, 5) is 4.46. The lowest BCUT2D eigenvalue weighted by Crippen LogP contribution is -2.21. The van der Waals surface area contributed by atoms with Gasteiger partial charge in [0.1, 0.15) is 0 Å². The van der Waals surface area contributed by atoms with Crippen LogP contribution in [0.4, 0.5) is 0 Å². The quantitative estimate of drug-likeness (QED) is 0.782. The third kappa shape index (κ3) is 3.84. The van der Waals surface area contributed by atoms with Crippen molar-refractivity contribution in [3.05, 3.63) is 23.4 Å². The molecule has 0 saturated carbocycles. The van der Waals surface area contributed by atoms with Gasteiger partial charge in [-0.15, -0.1) is 11.8 Å². The zero-order valence-electron chi connectivity index (χ0n) is 9.79. The Morgan fingerprint density at radius 1 is 1.47 bits per heavy atom. The largest absolute Gasteiger partial charge is 0.327 e. The molecule has 0 aliphatic carbocycles. The Morgan fingerprint density at radius 2 is 2.20 bits per heavy atom. The van der Waals surface area contributed by atoms with E-state index < -0.39 is 0 Å². The van der Waals surface area contributed by atoms with Crippen molar-refractivity contribution in [3.8, 4) is 0 Å². The molecule has 1 rings (SSSR count). The summed E-state index contributed by atoms with van der Waals surface area (Å²) in [5.74, 6) is 1.07. The molecule has 0 saturated heterocycles. The Hall–Kier alpha value is -0.540. The molecule has 2 N–H and O–H groups in total. The highest BCUT2D eigenvalue weighted by atomic mass is 32.2. The Labute approximate surface area is 96.7 Å². The molecule has 1 atom stereocenters. The summed E-state index contributed by atoms with van der Waals surface area (Å²) in [5.41, 5.74) is 8.44. The number of aromatic nitrogens is 1. The van der Waals surface area contributed by atoms with Crippen molar-refractivity contribution in [1.82, 2.24) is 4.98 Å². The van der Waals surface area contributed by atoms with Crippen LogP contribution in [0, 0.1) is 6.92 Å². The second-order valence-corrected chi connectivity index (χ2v) is 5.02. The molecule has 0 aliphatic rings. The number of aryl methyl sites for hydroxylation is 1. The molecule has 1 aromatic heterocycles. The van der Waals surface area contributed by atoms with E-state index in [4.69, 9.17) is 5.73 Å². The summed E-state index contributed by atoms with van der Waals surface area (Å²) < 4.78 is 0. The third-order valence-electron chi connectivity index (χ3n) is 2.39. The summed E-state index contributed by atoms with van der Waals surface area (Å²) in [6, 6.07) is 2.47. The molecule has 0 aromatic carbocycles. The third-order valence-corrected chi connectivity index (χ3v) is 3.38. The molecule has 0 amide bonds. The second kappa shape index (κ2) is 6.13. The first-order valence-corrected chi connectivity index (χ1v) is 6.49. The number of nitrogens with zero attached hydrogens (tertiary/aromatic N) is 1. The molecule has 84 valence electrons. The fourth-order valence-corrected chi connectivity index (χ4v) is 2.15. The highest BCUT2D eigenvalue weighted by Gasteiger charge is 2.05. The van der Waals surface area contributed by atoms with Gasteiger partial charge in [-0.2, -0.15) is 0 Å². The molecule has 0 fully saturated rings. The van der Waals surface area contributed by atoms with E-state index in [0.29, 0.717) is 0 Å². The molecule has 1 unspecified atom stereocenters. The smallest absolute Gasteiger partial charge is 0.0989 e. The van der Waals surface area contributed by atoms with Crippen molar-refractivity contribution in [3.63, 3.8) is 0 Å². The number of hydrogen-bond donors (Lipinski definition) is 1. The molecule has 3 heteroatoms. The minimum atomic E-state index is 0.260. The first-order chi connectivity index (χ1) is 7.17. The Bertz CT molecular complexity index is 312. The number of thioether (sulfide) groups is 1. The van der Waals surface area contributed by atoms with E-state index in [1.54, 1.807) is 11.8 Å². The van der Waals surface area contributed by atoms with Crippen molar-refractivity contribution in [2.45, 2.75) is 44.7 Å². The molecule has 0 radical (unpaired) electrons. The van der Waals surface area contributed by atoms with Gasteiger partial charge in [0.25, 0.3) is 0 Å². The predicted octanol–water partition coefficient (Wildman–Crippen LogP) is 2.78. The number of hydrogen-bond acceptors (Lipinski definition) is 3. The molecule has 1 heterocycles. The van der Waals surface area contributed by atoms with Gasteiger partial charge in [-0.3, -0.25) is 0 Å². The zero-order valence-corrected chi connectivity index (χ0v) is 10.6. The lowest BCUT2D eigenvalue weighted by atomic mass is 10.1. The molecule has 15 heavy (non-hydrogen) atoms. The monoisotopic (exact) mass is 224 g/mol. The number of pyridine rings is 1. The van der Waals surface area contributed by atoms with Crippen LogP contribution >= 0.6 is 11.8 Å². The van der Waals surface area contributed by atoms with Gasteiger partial charge in [0, 0.05) is 12.2 Å². The van der Waals surface area contributed by atoms with E-state index >= 15 is 0 Å². The zero-order chi connectivity index (χ0) is 11.3. The maximum absolute atomic E-state index is 5.92. The normalized spacial score (nSPS) is 12.8. The lowest BCUT2D eigenvalue weighted by Gasteiger charge is -2.10. The van der Waals surface area contributed by atoms with Gasteiger partial charge in [-0.25, -0.2) is 4.98 Å². The van der Waals surface area contributed by atoms with E-state index in [1.807, 2.05) is 6.20 Å². The van der Waals surface area contributed by atoms with E-state index in [-0.39, 0.29) is 6.04 Å². The van der Waals surface area contributed by atoms with Crippen molar-refractivity contribution < 1.29 is 0 Å². The van der Waals surface area contributed by atoms with Gasteiger partial charge in [-0.05, 0) is 36.6 Å².